The Bertz CT molecular complexity index is 794. The van der Waals surface area contributed by atoms with E-state index in [1.165, 1.54) is 16.0 Å². The van der Waals surface area contributed by atoms with E-state index in [1.54, 1.807) is 0 Å². The molecule has 4 rings (SSSR count). The van der Waals surface area contributed by atoms with Gasteiger partial charge in [-0.3, -0.25) is 19.4 Å². The van der Waals surface area contributed by atoms with E-state index in [9.17, 15) is 9.59 Å². The molecule has 134 valence electrons. The summed E-state index contributed by atoms with van der Waals surface area (Å²) in [6, 6.07) is 18.3. The van der Waals surface area contributed by atoms with Crippen molar-refractivity contribution in [3.63, 3.8) is 0 Å². The first kappa shape index (κ1) is 17.0. The van der Waals surface area contributed by atoms with Crippen molar-refractivity contribution < 1.29 is 9.59 Å². The lowest BCUT2D eigenvalue weighted by molar-refractivity contribution is -0.140. The normalized spacial score (nSPS) is 22.9. The second-order valence-electron chi connectivity index (χ2n) is 7.40. The average molecular weight is 348 g/mol. The SMILES string of the molecule is Cc1ccccc1CN1C[C@@H]2C(=O)N(CCc3ccccc3)C(=O)[C@@H]2C1. The van der Waals surface area contributed by atoms with Crippen LogP contribution in [0.3, 0.4) is 0 Å². The molecule has 2 aromatic rings. The highest BCUT2D eigenvalue weighted by Gasteiger charge is 2.51. The number of hydrogen-bond donors (Lipinski definition) is 0. The third kappa shape index (κ3) is 3.17. The molecule has 0 spiro atoms. The molecule has 2 aliphatic rings. The van der Waals surface area contributed by atoms with Crippen molar-refractivity contribution in [1.82, 2.24) is 9.80 Å². The van der Waals surface area contributed by atoms with Gasteiger partial charge in [0.25, 0.3) is 0 Å². The Hall–Kier alpha value is -2.46. The highest BCUT2D eigenvalue weighted by Crippen LogP contribution is 2.34. The Labute approximate surface area is 154 Å². The molecule has 2 aliphatic heterocycles. The summed E-state index contributed by atoms with van der Waals surface area (Å²) in [6.45, 7) is 4.78. The predicted molar refractivity (Wildman–Crippen MR) is 100 cm³/mol. The molecule has 0 N–H and O–H groups in total. The first-order chi connectivity index (χ1) is 12.6. The number of fused-ring (bicyclic) bond motifs is 1. The van der Waals surface area contributed by atoms with Gasteiger partial charge in [0.15, 0.2) is 0 Å². The third-order valence-electron chi connectivity index (χ3n) is 5.68. The summed E-state index contributed by atoms with van der Waals surface area (Å²) in [4.78, 5) is 29.3. The minimum atomic E-state index is -0.165. The number of aryl methyl sites for hydroxylation is 1. The van der Waals surface area contributed by atoms with Gasteiger partial charge in [-0.2, -0.15) is 0 Å². The van der Waals surface area contributed by atoms with Gasteiger partial charge in [-0.05, 0) is 30.0 Å². The Morgan fingerprint density at radius 1 is 0.885 bits per heavy atom. The van der Waals surface area contributed by atoms with Crippen LogP contribution < -0.4 is 0 Å². The van der Waals surface area contributed by atoms with E-state index >= 15 is 0 Å². The molecule has 2 amide bonds. The number of amides is 2. The highest BCUT2D eigenvalue weighted by molar-refractivity contribution is 6.05. The van der Waals surface area contributed by atoms with Crippen molar-refractivity contribution in [2.75, 3.05) is 19.6 Å². The van der Waals surface area contributed by atoms with Gasteiger partial charge in [0, 0.05) is 26.2 Å². The maximum absolute atomic E-state index is 12.8. The number of imide groups is 1. The first-order valence-corrected chi connectivity index (χ1v) is 9.29. The van der Waals surface area contributed by atoms with Gasteiger partial charge in [-0.1, -0.05) is 54.6 Å². The fourth-order valence-electron chi connectivity index (χ4n) is 4.16. The van der Waals surface area contributed by atoms with Gasteiger partial charge in [0.05, 0.1) is 11.8 Å². The van der Waals surface area contributed by atoms with Crippen LogP contribution in [0.25, 0.3) is 0 Å². The Morgan fingerprint density at radius 2 is 1.50 bits per heavy atom. The van der Waals surface area contributed by atoms with Crippen LogP contribution in [0.2, 0.25) is 0 Å². The van der Waals surface area contributed by atoms with E-state index in [4.69, 9.17) is 0 Å². The van der Waals surface area contributed by atoms with Gasteiger partial charge in [0.2, 0.25) is 11.8 Å². The van der Waals surface area contributed by atoms with E-state index < -0.39 is 0 Å². The molecule has 0 aromatic heterocycles. The molecule has 2 aromatic carbocycles. The zero-order chi connectivity index (χ0) is 18.1. The second kappa shape index (κ2) is 7.04. The third-order valence-corrected chi connectivity index (χ3v) is 5.68. The Balaban J connectivity index is 1.39. The fraction of sp³-hybridized carbons (Fsp3) is 0.364. The van der Waals surface area contributed by atoms with Crippen LogP contribution >= 0.6 is 0 Å². The lowest BCUT2D eigenvalue weighted by Crippen LogP contribution is -2.37. The predicted octanol–water partition coefficient (Wildman–Crippen LogP) is 2.65. The van der Waals surface area contributed by atoms with Crippen LogP contribution in [0.5, 0.6) is 0 Å². The largest absolute Gasteiger partial charge is 0.297 e. The standard InChI is InChI=1S/C22H24N2O2/c1-16-7-5-6-10-18(16)13-23-14-19-20(15-23)22(26)24(21(19)25)12-11-17-8-3-2-4-9-17/h2-10,19-20H,11-15H2,1H3/t19-,20+. The fourth-order valence-corrected chi connectivity index (χ4v) is 4.16. The summed E-state index contributed by atoms with van der Waals surface area (Å²) in [6.07, 6.45) is 0.727. The Morgan fingerprint density at radius 3 is 2.15 bits per heavy atom. The highest BCUT2D eigenvalue weighted by atomic mass is 16.2. The van der Waals surface area contributed by atoms with Gasteiger partial charge in [-0.15, -0.1) is 0 Å². The number of likely N-dealkylation sites (tertiary alicyclic amines) is 2. The van der Waals surface area contributed by atoms with Crippen molar-refractivity contribution in [3.05, 3.63) is 71.3 Å². The minimum Gasteiger partial charge on any atom is -0.297 e. The van der Waals surface area contributed by atoms with Crippen LogP contribution in [0.1, 0.15) is 16.7 Å². The van der Waals surface area contributed by atoms with Crippen LogP contribution in [0.4, 0.5) is 0 Å². The topological polar surface area (TPSA) is 40.6 Å². The van der Waals surface area contributed by atoms with Crippen LogP contribution in [-0.2, 0) is 22.6 Å². The first-order valence-electron chi connectivity index (χ1n) is 9.29. The number of hydrogen-bond acceptors (Lipinski definition) is 3. The van der Waals surface area contributed by atoms with Gasteiger partial charge >= 0.3 is 0 Å². The maximum Gasteiger partial charge on any atom is 0.234 e. The summed E-state index contributed by atoms with van der Waals surface area (Å²) < 4.78 is 0. The van der Waals surface area contributed by atoms with Crippen molar-refractivity contribution >= 4 is 11.8 Å². The van der Waals surface area contributed by atoms with Crippen molar-refractivity contribution in [1.29, 1.82) is 0 Å². The zero-order valence-electron chi connectivity index (χ0n) is 15.1. The molecular weight excluding hydrogens is 324 g/mol. The Kier molecular flexibility index (Phi) is 4.60. The minimum absolute atomic E-state index is 0.0169. The van der Waals surface area contributed by atoms with E-state index in [2.05, 4.69) is 24.0 Å². The molecule has 0 saturated carbocycles. The van der Waals surface area contributed by atoms with Crippen LogP contribution in [-0.4, -0.2) is 41.2 Å². The van der Waals surface area contributed by atoms with E-state index in [-0.39, 0.29) is 23.7 Å². The molecule has 26 heavy (non-hydrogen) atoms. The van der Waals surface area contributed by atoms with Gasteiger partial charge in [0.1, 0.15) is 0 Å². The summed E-state index contributed by atoms with van der Waals surface area (Å²) in [5, 5.41) is 0. The van der Waals surface area contributed by atoms with E-state index in [0.29, 0.717) is 19.6 Å². The smallest absolute Gasteiger partial charge is 0.234 e. The maximum atomic E-state index is 12.8. The molecule has 2 atom stereocenters. The molecular formula is C22H24N2O2. The molecule has 0 aliphatic carbocycles. The molecule has 0 radical (unpaired) electrons. The summed E-state index contributed by atoms with van der Waals surface area (Å²) in [7, 11) is 0. The molecule has 0 bridgehead atoms. The lowest BCUT2D eigenvalue weighted by Gasteiger charge is -2.21. The van der Waals surface area contributed by atoms with Crippen LogP contribution in [0, 0.1) is 18.8 Å². The summed E-state index contributed by atoms with van der Waals surface area (Å²) in [5.41, 5.74) is 3.69. The summed E-state index contributed by atoms with van der Waals surface area (Å²) in [5.74, 6) is -0.295. The molecule has 4 nitrogen and oxygen atoms in total. The molecule has 2 fully saturated rings. The average Bonchev–Trinajstić information content (AvgIpc) is 3.16. The molecule has 2 heterocycles. The zero-order valence-corrected chi connectivity index (χ0v) is 15.1. The van der Waals surface area contributed by atoms with E-state index in [0.717, 1.165) is 18.5 Å². The lowest BCUT2D eigenvalue weighted by atomic mass is 10.00. The molecule has 2 saturated heterocycles. The van der Waals surface area contributed by atoms with Gasteiger partial charge in [-0.25, -0.2) is 0 Å². The monoisotopic (exact) mass is 348 g/mol. The van der Waals surface area contributed by atoms with Crippen LogP contribution in [0.15, 0.2) is 54.6 Å². The van der Waals surface area contributed by atoms with Crippen molar-refractivity contribution in [2.24, 2.45) is 11.8 Å². The second-order valence-corrected chi connectivity index (χ2v) is 7.40. The number of carbonyl (C=O) groups excluding carboxylic acids is 2. The molecule has 0 unspecified atom stereocenters. The van der Waals surface area contributed by atoms with E-state index in [1.807, 2.05) is 42.5 Å². The molecule has 4 heteroatoms. The quantitative estimate of drug-likeness (QED) is 0.780. The van der Waals surface area contributed by atoms with Crippen molar-refractivity contribution in [2.45, 2.75) is 19.9 Å². The number of benzene rings is 2. The number of nitrogens with zero attached hydrogens (tertiary/aromatic N) is 2. The number of rotatable bonds is 5. The van der Waals surface area contributed by atoms with Gasteiger partial charge < -0.3 is 0 Å². The number of carbonyl (C=O) groups is 2. The summed E-state index contributed by atoms with van der Waals surface area (Å²) >= 11 is 0. The van der Waals surface area contributed by atoms with Crippen molar-refractivity contribution in [3.8, 4) is 0 Å².